The maximum absolute atomic E-state index is 12.7. The van der Waals surface area contributed by atoms with Crippen LogP contribution in [0.4, 0.5) is 4.79 Å². The molecule has 1 saturated heterocycles. The molecule has 150 valence electrons. The molecule has 0 aliphatic carbocycles. The van der Waals surface area contributed by atoms with Crippen LogP contribution in [0.3, 0.4) is 0 Å². The zero-order valence-electron chi connectivity index (χ0n) is 17.1. The Kier molecular flexibility index (Phi) is 6.87. The predicted molar refractivity (Wildman–Crippen MR) is 104 cm³/mol. The summed E-state index contributed by atoms with van der Waals surface area (Å²) < 4.78 is 10.6. The molecular weight excluding hydrogens is 344 g/mol. The molecule has 0 spiro atoms. The van der Waals surface area contributed by atoms with Crippen molar-refractivity contribution in [3.05, 3.63) is 35.9 Å². The molecule has 1 amide bonds. The molecule has 1 heterocycles. The van der Waals surface area contributed by atoms with Gasteiger partial charge >= 0.3 is 12.1 Å². The van der Waals surface area contributed by atoms with Crippen molar-refractivity contribution < 1.29 is 19.1 Å². The number of carbonyl (C=O) groups excluding carboxylic acids is 2. The van der Waals surface area contributed by atoms with Gasteiger partial charge in [0.1, 0.15) is 11.1 Å². The van der Waals surface area contributed by atoms with E-state index in [-0.39, 0.29) is 12.0 Å². The van der Waals surface area contributed by atoms with Crippen molar-refractivity contribution in [1.29, 1.82) is 0 Å². The highest BCUT2D eigenvalue weighted by atomic mass is 16.6. The Balaban J connectivity index is 2.09. The number of hydrogen-bond acceptors (Lipinski definition) is 5. The van der Waals surface area contributed by atoms with Crippen molar-refractivity contribution in [2.75, 3.05) is 20.2 Å². The minimum absolute atomic E-state index is 0.150. The van der Waals surface area contributed by atoms with E-state index in [0.29, 0.717) is 25.9 Å². The largest absolute Gasteiger partial charge is 0.467 e. The Labute approximate surface area is 162 Å². The summed E-state index contributed by atoms with van der Waals surface area (Å²) in [5.74, 6) is -0.375. The minimum Gasteiger partial charge on any atom is -0.467 e. The zero-order chi connectivity index (χ0) is 20.1. The van der Waals surface area contributed by atoms with Crippen LogP contribution in [-0.4, -0.2) is 48.3 Å². The van der Waals surface area contributed by atoms with E-state index < -0.39 is 17.2 Å². The Morgan fingerprint density at radius 2 is 1.93 bits per heavy atom. The van der Waals surface area contributed by atoms with Crippen LogP contribution in [0.25, 0.3) is 0 Å². The topological polar surface area (TPSA) is 67.9 Å². The quantitative estimate of drug-likeness (QED) is 0.767. The first-order chi connectivity index (χ1) is 12.7. The molecule has 0 saturated carbocycles. The second kappa shape index (κ2) is 8.74. The fourth-order valence-corrected chi connectivity index (χ4v) is 3.58. The normalized spacial score (nSPS) is 21.0. The van der Waals surface area contributed by atoms with Crippen LogP contribution in [0.15, 0.2) is 30.3 Å². The summed E-state index contributed by atoms with van der Waals surface area (Å²) in [6.07, 6.45) is 1.36. The molecule has 27 heavy (non-hydrogen) atoms. The molecule has 0 radical (unpaired) electrons. The monoisotopic (exact) mass is 376 g/mol. The molecule has 0 aromatic heterocycles. The van der Waals surface area contributed by atoms with E-state index in [1.165, 1.54) is 12.7 Å². The standard InChI is InChI=1S/C21H32N2O4/c1-16(17-10-7-6-8-11-17)22-14-13-21(18(24)26-5)12-9-15-23(21)19(25)27-20(2,3)4/h6-8,10-11,16,22H,9,12-15H2,1-5H3/t16-,21-/m1/s1. The molecule has 0 bridgehead atoms. The third kappa shape index (κ3) is 5.22. The summed E-state index contributed by atoms with van der Waals surface area (Å²) in [5.41, 5.74) is -0.401. The van der Waals surface area contributed by atoms with Crippen molar-refractivity contribution in [2.24, 2.45) is 0 Å². The lowest BCUT2D eigenvalue weighted by Crippen LogP contribution is -2.55. The second-order valence-electron chi connectivity index (χ2n) is 8.10. The Bertz CT molecular complexity index is 641. The van der Waals surface area contributed by atoms with Gasteiger partial charge in [-0.05, 0) is 59.1 Å². The molecule has 1 aliphatic rings. The highest BCUT2D eigenvalue weighted by Gasteiger charge is 2.51. The molecule has 2 atom stereocenters. The van der Waals surface area contributed by atoms with Gasteiger partial charge in [-0.1, -0.05) is 30.3 Å². The molecule has 1 fully saturated rings. The van der Waals surface area contributed by atoms with Crippen LogP contribution in [0.1, 0.15) is 58.6 Å². The highest BCUT2D eigenvalue weighted by molar-refractivity contribution is 5.86. The number of likely N-dealkylation sites (tertiary alicyclic amines) is 1. The molecule has 6 heteroatoms. The van der Waals surface area contributed by atoms with E-state index in [2.05, 4.69) is 24.4 Å². The summed E-state index contributed by atoms with van der Waals surface area (Å²) >= 11 is 0. The van der Waals surface area contributed by atoms with Crippen molar-refractivity contribution in [3.8, 4) is 0 Å². The van der Waals surface area contributed by atoms with E-state index >= 15 is 0 Å². The number of amides is 1. The SMILES string of the molecule is COC(=O)[C@]1(CCN[C@H](C)c2ccccc2)CCCN1C(=O)OC(C)(C)C. The first-order valence-corrected chi connectivity index (χ1v) is 9.57. The molecule has 1 aromatic carbocycles. The summed E-state index contributed by atoms with van der Waals surface area (Å²) in [6.45, 7) is 8.64. The van der Waals surface area contributed by atoms with E-state index in [1.54, 1.807) is 4.90 Å². The molecular formula is C21H32N2O4. The highest BCUT2D eigenvalue weighted by Crippen LogP contribution is 2.35. The van der Waals surface area contributed by atoms with E-state index in [1.807, 2.05) is 39.0 Å². The number of rotatable bonds is 6. The van der Waals surface area contributed by atoms with Crippen LogP contribution in [0.5, 0.6) is 0 Å². The Morgan fingerprint density at radius 1 is 1.26 bits per heavy atom. The molecule has 1 N–H and O–H groups in total. The lowest BCUT2D eigenvalue weighted by atomic mass is 9.91. The van der Waals surface area contributed by atoms with Gasteiger partial charge in [0.25, 0.3) is 0 Å². The molecule has 0 unspecified atom stereocenters. The smallest absolute Gasteiger partial charge is 0.411 e. The lowest BCUT2D eigenvalue weighted by molar-refractivity contribution is -0.153. The van der Waals surface area contributed by atoms with Gasteiger partial charge in [-0.3, -0.25) is 4.90 Å². The predicted octanol–water partition coefficient (Wildman–Crippen LogP) is 3.67. The van der Waals surface area contributed by atoms with Crippen molar-refractivity contribution in [2.45, 2.75) is 64.1 Å². The number of benzene rings is 1. The van der Waals surface area contributed by atoms with Gasteiger partial charge in [0, 0.05) is 12.6 Å². The first kappa shape index (κ1) is 21.2. The molecule has 1 aromatic rings. The van der Waals surface area contributed by atoms with Crippen molar-refractivity contribution in [1.82, 2.24) is 10.2 Å². The average molecular weight is 376 g/mol. The van der Waals surface area contributed by atoms with Gasteiger partial charge in [0.15, 0.2) is 0 Å². The third-order valence-corrected chi connectivity index (χ3v) is 4.96. The molecule has 1 aliphatic heterocycles. The van der Waals surface area contributed by atoms with Gasteiger partial charge in [-0.15, -0.1) is 0 Å². The van der Waals surface area contributed by atoms with Gasteiger partial charge in [0.05, 0.1) is 7.11 Å². The maximum Gasteiger partial charge on any atom is 0.411 e. The average Bonchev–Trinajstić information content (AvgIpc) is 3.05. The maximum atomic E-state index is 12.7. The number of carbonyl (C=O) groups is 2. The molecule has 2 rings (SSSR count). The van der Waals surface area contributed by atoms with Crippen LogP contribution >= 0.6 is 0 Å². The van der Waals surface area contributed by atoms with Crippen LogP contribution in [-0.2, 0) is 14.3 Å². The zero-order valence-corrected chi connectivity index (χ0v) is 17.1. The van der Waals surface area contributed by atoms with Crippen molar-refractivity contribution >= 4 is 12.1 Å². The third-order valence-electron chi connectivity index (χ3n) is 4.96. The number of hydrogen-bond donors (Lipinski definition) is 1. The van der Waals surface area contributed by atoms with E-state index in [4.69, 9.17) is 9.47 Å². The van der Waals surface area contributed by atoms with Gasteiger partial charge < -0.3 is 14.8 Å². The van der Waals surface area contributed by atoms with Gasteiger partial charge in [-0.25, -0.2) is 9.59 Å². The van der Waals surface area contributed by atoms with Gasteiger partial charge in [0.2, 0.25) is 0 Å². The number of esters is 1. The van der Waals surface area contributed by atoms with E-state index in [0.717, 1.165) is 6.42 Å². The number of methoxy groups -OCH3 is 1. The number of nitrogens with one attached hydrogen (secondary N) is 1. The van der Waals surface area contributed by atoms with E-state index in [9.17, 15) is 9.59 Å². The summed E-state index contributed by atoms with van der Waals surface area (Å²) in [7, 11) is 1.37. The fourth-order valence-electron chi connectivity index (χ4n) is 3.58. The van der Waals surface area contributed by atoms with Crippen LogP contribution in [0.2, 0.25) is 0 Å². The Hall–Kier alpha value is -2.08. The second-order valence-corrected chi connectivity index (χ2v) is 8.10. The van der Waals surface area contributed by atoms with Crippen molar-refractivity contribution in [3.63, 3.8) is 0 Å². The summed E-state index contributed by atoms with van der Waals surface area (Å²) in [4.78, 5) is 26.9. The number of nitrogens with zero attached hydrogens (tertiary/aromatic N) is 1. The number of ether oxygens (including phenoxy) is 2. The minimum atomic E-state index is -0.972. The summed E-state index contributed by atoms with van der Waals surface area (Å²) in [6, 6.07) is 10.3. The van der Waals surface area contributed by atoms with Gasteiger partial charge in [-0.2, -0.15) is 0 Å². The molecule has 6 nitrogen and oxygen atoms in total. The van der Waals surface area contributed by atoms with Crippen LogP contribution < -0.4 is 5.32 Å². The lowest BCUT2D eigenvalue weighted by Gasteiger charge is -2.37. The fraction of sp³-hybridized carbons (Fsp3) is 0.619. The summed E-state index contributed by atoms with van der Waals surface area (Å²) in [5, 5.41) is 3.45. The first-order valence-electron chi connectivity index (χ1n) is 9.57. The Morgan fingerprint density at radius 3 is 2.52 bits per heavy atom. The van der Waals surface area contributed by atoms with Crippen LogP contribution in [0, 0.1) is 0 Å².